The number of halogens is 1. The van der Waals surface area contributed by atoms with Crippen molar-refractivity contribution in [2.24, 2.45) is 5.92 Å². The minimum Gasteiger partial charge on any atom is -0.494 e. The third-order valence-electron chi connectivity index (χ3n) is 3.39. The first kappa shape index (κ1) is 13.9. The molecule has 0 bridgehead atoms. The lowest BCUT2D eigenvalue weighted by molar-refractivity contribution is 0.316. The van der Waals surface area contributed by atoms with Gasteiger partial charge in [0.25, 0.3) is 0 Å². The number of nitrogens with one attached hydrogen (secondary N) is 1. The van der Waals surface area contributed by atoms with E-state index in [2.05, 4.69) is 46.4 Å². The molecule has 0 aliphatic carbocycles. The van der Waals surface area contributed by atoms with E-state index < -0.39 is 0 Å². The van der Waals surface area contributed by atoms with Crippen LogP contribution in [0.3, 0.4) is 0 Å². The lowest BCUT2D eigenvalue weighted by atomic mass is 9.91. The normalized spacial score (nSPS) is 16.8. The van der Waals surface area contributed by atoms with Crippen molar-refractivity contribution in [1.82, 2.24) is 5.32 Å². The highest BCUT2D eigenvalue weighted by Crippen LogP contribution is 2.25. The molecule has 2 rings (SSSR count). The first-order chi connectivity index (χ1) is 8.78. The van der Waals surface area contributed by atoms with Gasteiger partial charge in [0.15, 0.2) is 0 Å². The molecule has 0 spiro atoms. The van der Waals surface area contributed by atoms with Crippen molar-refractivity contribution in [1.29, 1.82) is 0 Å². The predicted molar refractivity (Wildman–Crippen MR) is 79.2 cm³/mol. The molecule has 1 aromatic carbocycles. The molecule has 1 heterocycles. The predicted octanol–water partition coefficient (Wildman–Crippen LogP) is 3.78. The van der Waals surface area contributed by atoms with Crippen LogP contribution in [-0.2, 0) is 6.42 Å². The standard InChI is InChI=1S/C15H22BrNO/c1-2-7-18-15-10-13(9-14(16)11-15)8-12-3-5-17-6-4-12/h9-12,17H,2-8H2,1H3. The minimum absolute atomic E-state index is 0.795. The minimum atomic E-state index is 0.795. The van der Waals surface area contributed by atoms with Crippen molar-refractivity contribution in [3.63, 3.8) is 0 Å². The molecule has 3 heteroatoms. The van der Waals surface area contributed by atoms with E-state index in [-0.39, 0.29) is 0 Å². The highest BCUT2D eigenvalue weighted by molar-refractivity contribution is 9.10. The van der Waals surface area contributed by atoms with Gasteiger partial charge in [-0.3, -0.25) is 0 Å². The Kier molecular flexibility index (Phi) is 5.51. The maximum absolute atomic E-state index is 5.72. The van der Waals surface area contributed by atoms with E-state index in [1.54, 1.807) is 0 Å². The maximum atomic E-state index is 5.72. The second kappa shape index (κ2) is 7.15. The van der Waals surface area contributed by atoms with Gasteiger partial charge in [0, 0.05) is 4.47 Å². The van der Waals surface area contributed by atoms with E-state index in [1.807, 2.05) is 0 Å². The second-order valence-corrected chi connectivity index (χ2v) is 5.96. The van der Waals surface area contributed by atoms with E-state index in [9.17, 15) is 0 Å². The molecular formula is C15H22BrNO. The fraction of sp³-hybridized carbons (Fsp3) is 0.600. The maximum Gasteiger partial charge on any atom is 0.120 e. The number of hydrogen-bond donors (Lipinski definition) is 1. The van der Waals surface area contributed by atoms with Crippen LogP contribution in [0.15, 0.2) is 22.7 Å². The first-order valence-corrected chi connectivity index (χ1v) is 7.70. The molecule has 2 nitrogen and oxygen atoms in total. The number of ether oxygens (including phenoxy) is 1. The summed E-state index contributed by atoms with van der Waals surface area (Å²) >= 11 is 3.58. The Morgan fingerprint density at radius 2 is 2.06 bits per heavy atom. The molecule has 1 fully saturated rings. The fourth-order valence-corrected chi connectivity index (χ4v) is 2.98. The van der Waals surface area contributed by atoms with Gasteiger partial charge in [0.05, 0.1) is 6.61 Å². The Hall–Kier alpha value is -0.540. The highest BCUT2D eigenvalue weighted by Gasteiger charge is 2.14. The summed E-state index contributed by atoms with van der Waals surface area (Å²) < 4.78 is 6.85. The summed E-state index contributed by atoms with van der Waals surface area (Å²) in [6.45, 7) is 5.26. The molecule has 1 aromatic rings. The quantitative estimate of drug-likeness (QED) is 0.893. The lowest BCUT2D eigenvalue weighted by Crippen LogP contribution is -2.28. The molecule has 0 atom stereocenters. The van der Waals surface area contributed by atoms with Gasteiger partial charge in [-0.15, -0.1) is 0 Å². The van der Waals surface area contributed by atoms with Gasteiger partial charge in [0.1, 0.15) is 5.75 Å². The van der Waals surface area contributed by atoms with E-state index in [1.165, 1.54) is 24.8 Å². The molecule has 0 unspecified atom stereocenters. The van der Waals surface area contributed by atoms with Crippen LogP contribution in [0.1, 0.15) is 31.7 Å². The molecule has 1 aliphatic heterocycles. The van der Waals surface area contributed by atoms with Crippen LogP contribution in [0.4, 0.5) is 0 Å². The van der Waals surface area contributed by atoms with E-state index in [4.69, 9.17) is 4.74 Å². The number of benzene rings is 1. The van der Waals surface area contributed by atoms with Crippen LogP contribution in [0.5, 0.6) is 5.75 Å². The first-order valence-electron chi connectivity index (χ1n) is 6.91. The van der Waals surface area contributed by atoms with Gasteiger partial charge in [-0.1, -0.05) is 22.9 Å². The Labute approximate surface area is 118 Å². The van der Waals surface area contributed by atoms with Crippen molar-refractivity contribution in [2.75, 3.05) is 19.7 Å². The van der Waals surface area contributed by atoms with Gasteiger partial charge < -0.3 is 10.1 Å². The topological polar surface area (TPSA) is 21.3 Å². The zero-order valence-electron chi connectivity index (χ0n) is 11.0. The van der Waals surface area contributed by atoms with Crippen LogP contribution in [-0.4, -0.2) is 19.7 Å². The van der Waals surface area contributed by atoms with Crippen LogP contribution in [0.2, 0.25) is 0 Å². The molecular weight excluding hydrogens is 290 g/mol. The van der Waals surface area contributed by atoms with Gasteiger partial charge in [-0.2, -0.15) is 0 Å². The average molecular weight is 312 g/mol. The van der Waals surface area contributed by atoms with Crippen LogP contribution < -0.4 is 10.1 Å². The Balaban J connectivity index is 1.99. The molecule has 18 heavy (non-hydrogen) atoms. The zero-order chi connectivity index (χ0) is 12.8. The highest BCUT2D eigenvalue weighted by atomic mass is 79.9. The largest absolute Gasteiger partial charge is 0.494 e. The van der Waals surface area contributed by atoms with Crippen LogP contribution in [0.25, 0.3) is 0 Å². The molecule has 1 saturated heterocycles. The molecule has 1 N–H and O–H groups in total. The molecule has 100 valence electrons. The average Bonchev–Trinajstić information content (AvgIpc) is 2.37. The Morgan fingerprint density at radius 1 is 1.28 bits per heavy atom. The lowest BCUT2D eigenvalue weighted by Gasteiger charge is -2.22. The fourth-order valence-electron chi connectivity index (χ4n) is 2.46. The number of hydrogen-bond acceptors (Lipinski definition) is 2. The van der Waals surface area contributed by atoms with Crippen molar-refractivity contribution in [3.05, 3.63) is 28.2 Å². The van der Waals surface area contributed by atoms with Crippen LogP contribution >= 0.6 is 15.9 Å². The number of piperidine rings is 1. The summed E-state index contributed by atoms with van der Waals surface area (Å²) in [5.74, 6) is 1.81. The number of rotatable bonds is 5. The van der Waals surface area contributed by atoms with E-state index >= 15 is 0 Å². The molecule has 0 aromatic heterocycles. The van der Waals surface area contributed by atoms with Gasteiger partial charge in [-0.05, 0) is 68.5 Å². The van der Waals surface area contributed by atoms with Crippen molar-refractivity contribution in [2.45, 2.75) is 32.6 Å². The molecule has 0 amide bonds. The van der Waals surface area contributed by atoms with Gasteiger partial charge >= 0.3 is 0 Å². The van der Waals surface area contributed by atoms with Crippen LogP contribution in [0, 0.1) is 5.92 Å². The van der Waals surface area contributed by atoms with Gasteiger partial charge in [-0.25, -0.2) is 0 Å². The summed E-state index contributed by atoms with van der Waals surface area (Å²) in [7, 11) is 0. The van der Waals surface area contributed by atoms with E-state index in [0.717, 1.165) is 42.3 Å². The molecule has 0 radical (unpaired) electrons. The zero-order valence-corrected chi connectivity index (χ0v) is 12.6. The Morgan fingerprint density at radius 3 is 2.78 bits per heavy atom. The van der Waals surface area contributed by atoms with Crippen molar-refractivity contribution in [3.8, 4) is 5.75 Å². The summed E-state index contributed by atoms with van der Waals surface area (Å²) in [4.78, 5) is 0. The monoisotopic (exact) mass is 311 g/mol. The summed E-state index contributed by atoms with van der Waals surface area (Å²) in [5, 5.41) is 3.42. The smallest absolute Gasteiger partial charge is 0.120 e. The third kappa shape index (κ3) is 4.29. The Bertz CT molecular complexity index is 375. The van der Waals surface area contributed by atoms with Crippen molar-refractivity contribution >= 4 is 15.9 Å². The summed E-state index contributed by atoms with van der Waals surface area (Å²) in [5.41, 5.74) is 1.39. The van der Waals surface area contributed by atoms with Crippen molar-refractivity contribution < 1.29 is 4.74 Å². The molecule has 0 saturated carbocycles. The van der Waals surface area contributed by atoms with E-state index in [0.29, 0.717) is 0 Å². The molecule has 1 aliphatic rings. The summed E-state index contributed by atoms with van der Waals surface area (Å²) in [6, 6.07) is 6.48. The third-order valence-corrected chi connectivity index (χ3v) is 3.84. The SMILES string of the molecule is CCCOc1cc(Br)cc(CC2CCNCC2)c1. The second-order valence-electron chi connectivity index (χ2n) is 5.04. The van der Waals surface area contributed by atoms with Gasteiger partial charge in [0.2, 0.25) is 0 Å². The summed E-state index contributed by atoms with van der Waals surface area (Å²) in [6.07, 6.45) is 4.80.